The average Bonchev–Trinajstić information content (AvgIpc) is 2.98. The van der Waals surface area contributed by atoms with Crippen molar-refractivity contribution in [2.24, 2.45) is 0 Å². The first-order valence-electron chi connectivity index (χ1n) is 7.94. The molecule has 0 saturated heterocycles. The summed E-state index contributed by atoms with van der Waals surface area (Å²) in [6.45, 7) is 1.91. The van der Waals surface area contributed by atoms with E-state index in [0.29, 0.717) is 17.0 Å². The van der Waals surface area contributed by atoms with Crippen molar-refractivity contribution in [3.8, 4) is 22.6 Å². The molecule has 4 rings (SSSR count). The number of aromatic nitrogens is 5. The SMILES string of the molecule is Cc1ccc(-c2nc3cc(-c4ncccc4C(F)(F)F)cnn3c2N)nc1. The van der Waals surface area contributed by atoms with Crippen LogP contribution in [-0.4, -0.2) is 24.6 Å². The van der Waals surface area contributed by atoms with Crippen LogP contribution in [0.4, 0.5) is 19.0 Å². The number of nitrogens with zero attached hydrogens (tertiary/aromatic N) is 5. The van der Waals surface area contributed by atoms with Crippen molar-refractivity contribution in [1.29, 1.82) is 0 Å². The monoisotopic (exact) mass is 370 g/mol. The summed E-state index contributed by atoms with van der Waals surface area (Å²) in [6.07, 6.45) is -0.256. The molecule has 0 aliphatic carbocycles. The molecule has 0 aliphatic heterocycles. The molecule has 2 N–H and O–H groups in total. The van der Waals surface area contributed by atoms with Crippen molar-refractivity contribution < 1.29 is 13.2 Å². The molecular formula is C18H13F3N6. The van der Waals surface area contributed by atoms with Gasteiger partial charge in [0, 0.05) is 18.0 Å². The van der Waals surface area contributed by atoms with Crippen LogP contribution in [0.2, 0.25) is 0 Å². The molecule has 0 radical (unpaired) electrons. The van der Waals surface area contributed by atoms with Gasteiger partial charge in [0.15, 0.2) is 11.5 Å². The lowest BCUT2D eigenvalue weighted by molar-refractivity contribution is -0.137. The summed E-state index contributed by atoms with van der Waals surface area (Å²) in [7, 11) is 0. The standard InChI is InChI=1S/C18H13F3N6/c1-10-4-5-13(24-8-10)16-17(22)27-14(26-16)7-11(9-25-27)15-12(18(19,20)21)3-2-6-23-15/h2-9H,22H2,1H3. The molecule has 4 aromatic rings. The summed E-state index contributed by atoms with van der Waals surface area (Å²) in [5.74, 6) is 0.255. The van der Waals surface area contributed by atoms with Crippen LogP contribution in [0.5, 0.6) is 0 Å². The third-order valence-electron chi connectivity index (χ3n) is 4.05. The van der Waals surface area contributed by atoms with E-state index in [1.54, 1.807) is 12.3 Å². The Labute approximate surface area is 151 Å². The van der Waals surface area contributed by atoms with Crippen LogP contribution in [-0.2, 0) is 6.18 Å². The Kier molecular flexibility index (Phi) is 3.79. The van der Waals surface area contributed by atoms with Crippen molar-refractivity contribution in [3.05, 3.63) is 60.0 Å². The molecule has 27 heavy (non-hydrogen) atoms. The zero-order valence-corrected chi connectivity index (χ0v) is 14.1. The van der Waals surface area contributed by atoms with Gasteiger partial charge in [0.2, 0.25) is 0 Å². The van der Waals surface area contributed by atoms with E-state index in [1.165, 1.54) is 29.0 Å². The van der Waals surface area contributed by atoms with E-state index in [-0.39, 0.29) is 17.1 Å². The van der Waals surface area contributed by atoms with E-state index < -0.39 is 11.7 Å². The van der Waals surface area contributed by atoms with Gasteiger partial charge in [-0.1, -0.05) is 6.07 Å². The number of alkyl halides is 3. The topological polar surface area (TPSA) is 82.0 Å². The fourth-order valence-corrected chi connectivity index (χ4v) is 2.74. The Bertz CT molecular complexity index is 1130. The molecule has 0 atom stereocenters. The molecule has 6 nitrogen and oxygen atoms in total. The first-order valence-corrected chi connectivity index (χ1v) is 7.94. The maximum atomic E-state index is 13.3. The second-order valence-electron chi connectivity index (χ2n) is 5.98. The number of pyridine rings is 2. The third-order valence-corrected chi connectivity index (χ3v) is 4.05. The normalized spacial score (nSPS) is 11.9. The first-order chi connectivity index (χ1) is 12.8. The van der Waals surface area contributed by atoms with Gasteiger partial charge in [0.05, 0.1) is 23.1 Å². The van der Waals surface area contributed by atoms with Crippen molar-refractivity contribution in [1.82, 2.24) is 24.6 Å². The zero-order chi connectivity index (χ0) is 19.2. The molecule has 0 aromatic carbocycles. The van der Waals surface area contributed by atoms with E-state index in [2.05, 4.69) is 20.1 Å². The number of rotatable bonds is 2. The molecule has 0 spiro atoms. The molecule has 136 valence electrons. The minimum Gasteiger partial charge on any atom is -0.382 e. The second-order valence-corrected chi connectivity index (χ2v) is 5.98. The molecule has 4 heterocycles. The maximum Gasteiger partial charge on any atom is 0.418 e. The van der Waals surface area contributed by atoms with Gasteiger partial charge in [-0.2, -0.15) is 22.8 Å². The summed E-state index contributed by atoms with van der Waals surface area (Å²) in [6, 6.07) is 7.34. The summed E-state index contributed by atoms with van der Waals surface area (Å²) in [5.41, 5.74) is 7.51. The van der Waals surface area contributed by atoms with Crippen LogP contribution >= 0.6 is 0 Å². The molecule has 0 amide bonds. The number of anilines is 1. The predicted molar refractivity (Wildman–Crippen MR) is 93.6 cm³/mol. The Morgan fingerprint density at radius 2 is 1.85 bits per heavy atom. The van der Waals surface area contributed by atoms with E-state index in [9.17, 15) is 13.2 Å². The summed E-state index contributed by atoms with van der Waals surface area (Å²) in [5, 5.41) is 4.14. The van der Waals surface area contributed by atoms with E-state index in [4.69, 9.17) is 5.73 Å². The van der Waals surface area contributed by atoms with Crippen molar-refractivity contribution in [2.75, 3.05) is 5.73 Å². The molecule has 0 fully saturated rings. The Morgan fingerprint density at radius 1 is 1.04 bits per heavy atom. The predicted octanol–water partition coefficient (Wildman–Crippen LogP) is 3.76. The largest absolute Gasteiger partial charge is 0.418 e. The molecule has 9 heteroatoms. The average molecular weight is 370 g/mol. The van der Waals surface area contributed by atoms with E-state index in [1.807, 2.05) is 13.0 Å². The number of hydrogen-bond acceptors (Lipinski definition) is 5. The van der Waals surface area contributed by atoms with Gasteiger partial charge >= 0.3 is 6.18 Å². The lowest BCUT2D eigenvalue weighted by Gasteiger charge is -2.11. The maximum absolute atomic E-state index is 13.3. The quantitative estimate of drug-likeness (QED) is 0.581. The lowest BCUT2D eigenvalue weighted by atomic mass is 10.1. The number of nitrogen functional groups attached to an aromatic ring is 1. The number of imidazole rings is 1. The van der Waals surface area contributed by atoms with Crippen LogP contribution < -0.4 is 5.73 Å². The first kappa shape index (κ1) is 17.0. The van der Waals surface area contributed by atoms with Crippen LogP contribution in [0.3, 0.4) is 0 Å². The fourth-order valence-electron chi connectivity index (χ4n) is 2.74. The Balaban J connectivity index is 1.86. The number of fused-ring (bicyclic) bond motifs is 1. The van der Waals surface area contributed by atoms with Crippen LogP contribution in [0.1, 0.15) is 11.1 Å². The minimum atomic E-state index is -4.53. The van der Waals surface area contributed by atoms with Crippen molar-refractivity contribution in [2.45, 2.75) is 13.1 Å². The van der Waals surface area contributed by atoms with Crippen LogP contribution in [0, 0.1) is 6.92 Å². The number of halogens is 3. The van der Waals surface area contributed by atoms with Crippen molar-refractivity contribution in [3.63, 3.8) is 0 Å². The third kappa shape index (κ3) is 2.97. The fraction of sp³-hybridized carbons (Fsp3) is 0.111. The Hall–Kier alpha value is -3.49. The molecule has 0 unspecified atom stereocenters. The van der Waals surface area contributed by atoms with Gasteiger partial charge in [0.25, 0.3) is 0 Å². The minimum absolute atomic E-state index is 0.198. The highest BCUT2D eigenvalue weighted by atomic mass is 19.4. The highest BCUT2D eigenvalue weighted by Gasteiger charge is 2.34. The number of nitrogens with two attached hydrogens (primary N) is 1. The smallest absolute Gasteiger partial charge is 0.382 e. The summed E-state index contributed by atoms with van der Waals surface area (Å²) >= 11 is 0. The second kappa shape index (κ2) is 6.04. The highest BCUT2D eigenvalue weighted by molar-refractivity contribution is 5.74. The van der Waals surface area contributed by atoms with Crippen molar-refractivity contribution >= 4 is 11.5 Å². The van der Waals surface area contributed by atoms with Crippen LogP contribution in [0.15, 0.2) is 48.9 Å². The zero-order valence-electron chi connectivity index (χ0n) is 14.1. The van der Waals surface area contributed by atoms with E-state index >= 15 is 0 Å². The van der Waals surface area contributed by atoms with E-state index in [0.717, 1.165) is 11.6 Å². The van der Waals surface area contributed by atoms with Gasteiger partial charge < -0.3 is 5.73 Å². The van der Waals surface area contributed by atoms with Crippen LogP contribution in [0.25, 0.3) is 28.3 Å². The Morgan fingerprint density at radius 3 is 2.56 bits per heavy atom. The van der Waals surface area contributed by atoms with Gasteiger partial charge in [-0.25, -0.2) is 4.98 Å². The molecule has 0 bridgehead atoms. The summed E-state index contributed by atoms with van der Waals surface area (Å²) < 4.78 is 41.1. The highest BCUT2D eigenvalue weighted by Crippen LogP contribution is 2.36. The molecule has 0 aliphatic rings. The molecule has 4 aromatic heterocycles. The van der Waals surface area contributed by atoms with Gasteiger partial charge in [-0.05, 0) is 36.8 Å². The van der Waals surface area contributed by atoms with Gasteiger partial charge in [-0.15, -0.1) is 0 Å². The molecular weight excluding hydrogens is 357 g/mol. The number of hydrogen-bond donors (Lipinski definition) is 1. The van der Waals surface area contributed by atoms with Gasteiger partial charge in [-0.3, -0.25) is 9.97 Å². The number of aryl methyl sites for hydroxylation is 1. The molecule has 0 saturated carbocycles. The lowest BCUT2D eigenvalue weighted by Crippen LogP contribution is -2.08. The van der Waals surface area contributed by atoms with Gasteiger partial charge in [0.1, 0.15) is 5.69 Å². The summed E-state index contributed by atoms with van der Waals surface area (Å²) in [4.78, 5) is 12.6.